The van der Waals surface area contributed by atoms with Crippen LogP contribution in [0.25, 0.3) is 0 Å². The standard InChI is InChI=1S/C15H15ClFN3O3S/c1-2-5-20-14(23)7-12(21)19-15(20)24-8-13(22)18-9-3-4-11(17)10(16)6-9/h3-4,6-7,21H,2,5,8H2,1H3,(H,18,22). The van der Waals surface area contributed by atoms with Gasteiger partial charge in [-0.15, -0.1) is 0 Å². The fraction of sp³-hybridized carbons (Fsp3) is 0.267. The second-order valence-electron chi connectivity index (χ2n) is 4.85. The second kappa shape index (κ2) is 8.16. The first-order valence-electron chi connectivity index (χ1n) is 7.09. The van der Waals surface area contributed by atoms with Gasteiger partial charge in [0.15, 0.2) is 5.16 Å². The molecule has 0 spiro atoms. The van der Waals surface area contributed by atoms with E-state index in [0.29, 0.717) is 18.7 Å². The van der Waals surface area contributed by atoms with Crippen LogP contribution in [-0.4, -0.2) is 26.3 Å². The van der Waals surface area contributed by atoms with Crippen molar-refractivity contribution in [3.63, 3.8) is 0 Å². The van der Waals surface area contributed by atoms with E-state index >= 15 is 0 Å². The number of nitrogens with one attached hydrogen (secondary N) is 1. The quantitative estimate of drug-likeness (QED) is 0.602. The van der Waals surface area contributed by atoms with Crippen LogP contribution in [-0.2, 0) is 11.3 Å². The van der Waals surface area contributed by atoms with Crippen molar-refractivity contribution in [2.75, 3.05) is 11.1 Å². The fourth-order valence-corrected chi connectivity index (χ4v) is 2.92. The minimum atomic E-state index is -0.573. The fourth-order valence-electron chi connectivity index (χ4n) is 1.91. The Morgan fingerprint density at radius 3 is 2.88 bits per heavy atom. The number of hydrogen-bond acceptors (Lipinski definition) is 5. The van der Waals surface area contributed by atoms with Crippen LogP contribution in [0.1, 0.15) is 13.3 Å². The van der Waals surface area contributed by atoms with E-state index in [9.17, 15) is 19.1 Å². The smallest absolute Gasteiger partial charge is 0.257 e. The molecule has 1 heterocycles. The van der Waals surface area contributed by atoms with Crippen molar-refractivity contribution in [1.29, 1.82) is 0 Å². The van der Waals surface area contributed by atoms with Crippen molar-refractivity contribution in [1.82, 2.24) is 9.55 Å². The summed E-state index contributed by atoms with van der Waals surface area (Å²) >= 11 is 6.68. The molecule has 0 bridgehead atoms. The SMILES string of the molecule is CCCn1c(SCC(=O)Nc2ccc(F)c(Cl)c2)nc(O)cc1=O. The van der Waals surface area contributed by atoms with Crippen LogP contribution in [0, 0.1) is 5.82 Å². The molecule has 0 aliphatic rings. The first-order chi connectivity index (χ1) is 11.4. The molecule has 9 heteroatoms. The van der Waals surface area contributed by atoms with E-state index in [4.69, 9.17) is 11.6 Å². The number of hydrogen-bond donors (Lipinski definition) is 2. The summed E-state index contributed by atoms with van der Waals surface area (Å²) in [5, 5.41) is 12.2. The zero-order chi connectivity index (χ0) is 17.7. The Morgan fingerprint density at radius 1 is 1.46 bits per heavy atom. The lowest BCUT2D eigenvalue weighted by Gasteiger charge is -2.10. The van der Waals surface area contributed by atoms with Gasteiger partial charge in [-0.3, -0.25) is 14.2 Å². The number of rotatable bonds is 6. The van der Waals surface area contributed by atoms with Crippen molar-refractivity contribution >= 4 is 35.0 Å². The molecule has 6 nitrogen and oxygen atoms in total. The Hall–Kier alpha value is -2.06. The van der Waals surface area contributed by atoms with Gasteiger partial charge in [0.1, 0.15) is 5.82 Å². The molecule has 0 aliphatic heterocycles. The van der Waals surface area contributed by atoms with Crippen molar-refractivity contribution in [3.8, 4) is 5.88 Å². The summed E-state index contributed by atoms with van der Waals surface area (Å²) in [6.07, 6.45) is 0.709. The Kier molecular flexibility index (Phi) is 6.22. The summed E-state index contributed by atoms with van der Waals surface area (Å²) in [5.74, 6) is -1.37. The van der Waals surface area contributed by atoms with E-state index in [0.717, 1.165) is 23.9 Å². The van der Waals surface area contributed by atoms with Gasteiger partial charge >= 0.3 is 0 Å². The molecule has 2 aromatic rings. The maximum Gasteiger partial charge on any atom is 0.257 e. The van der Waals surface area contributed by atoms with Crippen LogP contribution in [0.4, 0.5) is 10.1 Å². The van der Waals surface area contributed by atoms with Gasteiger partial charge in [-0.1, -0.05) is 30.3 Å². The zero-order valence-corrected chi connectivity index (χ0v) is 14.3. The largest absolute Gasteiger partial charge is 0.493 e. The molecule has 2 N–H and O–H groups in total. The average Bonchev–Trinajstić information content (AvgIpc) is 2.52. The highest BCUT2D eigenvalue weighted by Crippen LogP contribution is 2.21. The maximum atomic E-state index is 13.1. The number of amides is 1. The Morgan fingerprint density at radius 2 is 2.21 bits per heavy atom. The number of aromatic nitrogens is 2. The minimum Gasteiger partial charge on any atom is -0.493 e. The van der Waals surface area contributed by atoms with Gasteiger partial charge in [-0.25, -0.2) is 4.39 Å². The molecule has 0 fully saturated rings. The van der Waals surface area contributed by atoms with E-state index in [1.807, 2.05) is 6.92 Å². The Bertz CT molecular complexity index is 813. The average molecular weight is 372 g/mol. The first kappa shape index (κ1) is 18.3. The number of thioether (sulfide) groups is 1. The second-order valence-corrected chi connectivity index (χ2v) is 6.20. The van der Waals surface area contributed by atoms with E-state index in [2.05, 4.69) is 10.3 Å². The van der Waals surface area contributed by atoms with Crippen molar-refractivity contribution < 1.29 is 14.3 Å². The van der Waals surface area contributed by atoms with Crippen LogP contribution >= 0.6 is 23.4 Å². The highest BCUT2D eigenvalue weighted by atomic mass is 35.5. The number of halogens is 2. The summed E-state index contributed by atoms with van der Waals surface area (Å²) in [6, 6.07) is 4.88. The summed E-state index contributed by atoms with van der Waals surface area (Å²) in [7, 11) is 0. The highest BCUT2D eigenvalue weighted by Gasteiger charge is 2.12. The van der Waals surface area contributed by atoms with Crippen molar-refractivity contribution in [3.05, 3.63) is 45.5 Å². The number of nitrogens with zero attached hydrogens (tertiary/aromatic N) is 2. The third kappa shape index (κ3) is 4.72. The predicted molar refractivity (Wildman–Crippen MR) is 91.2 cm³/mol. The zero-order valence-electron chi connectivity index (χ0n) is 12.8. The monoisotopic (exact) mass is 371 g/mol. The van der Waals surface area contributed by atoms with Gasteiger partial charge in [0, 0.05) is 12.2 Å². The first-order valence-corrected chi connectivity index (χ1v) is 8.45. The topological polar surface area (TPSA) is 84.2 Å². The molecule has 24 heavy (non-hydrogen) atoms. The molecular formula is C15H15ClFN3O3S. The van der Waals surface area contributed by atoms with Crippen LogP contribution in [0.5, 0.6) is 5.88 Å². The Balaban J connectivity index is 2.06. The van der Waals surface area contributed by atoms with Gasteiger partial charge in [-0.2, -0.15) is 4.98 Å². The number of benzene rings is 1. The Labute approximate surface area is 146 Å². The summed E-state index contributed by atoms with van der Waals surface area (Å²) in [4.78, 5) is 27.7. The van der Waals surface area contributed by atoms with Gasteiger partial charge in [-0.05, 0) is 24.6 Å². The van der Waals surface area contributed by atoms with Gasteiger partial charge in [0.05, 0.1) is 16.8 Å². The summed E-state index contributed by atoms with van der Waals surface area (Å²) in [6.45, 7) is 2.34. The molecule has 1 aromatic carbocycles. The molecule has 0 saturated carbocycles. The van der Waals surface area contributed by atoms with Gasteiger partial charge in [0.25, 0.3) is 5.56 Å². The van der Waals surface area contributed by atoms with Crippen LogP contribution in [0.15, 0.2) is 34.2 Å². The van der Waals surface area contributed by atoms with Crippen LogP contribution in [0.2, 0.25) is 5.02 Å². The van der Waals surface area contributed by atoms with E-state index in [1.165, 1.54) is 16.7 Å². The molecular weight excluding hydrogens is 357 g/mol. The maximum absolute atomic E-state index is 13.1. The van der Waals surface area contributed by atoms with Crippen molar-refractivity contribution in [2.45, 2.75) is 25.0 Å². The summed E-state index contributed by atoms with van der Waals surface area (Å²) < 4.78 is 14.5. The number of anilines is 1. The molecule has 2 rings (SSSR count). The molecule has 1 aromatic heterocycles. The number of aromatic hydroxyl groups is 1. The van der Waals surface area contributed by atoms with E-state index in [1.54, 1.807) is 0 Å². The molecule has 128 valence electrons. The molecule has 0 saturated heterocycles. The van der Waals surface area contributed by atoms with Crippen LogP contribution in [0.3, 0.4) is 0 Å². The lowest BCUT2D eigenvalue weighted by molar-refractivity contribution is -0.113. The normalized spacial score (nSPS) is 10.6. The molecule has 0 aliphatic carbocycles. The molecule has 0 unspecified atom stereocenters. The highest BCUT2D eigenvalue weighted by molar-refractivity contribution is 7.99. The lowest BCUT2D eigenvalue weighted by Crippen LogP contribution is -2.23. The molecule has 0 atom stereocenters. The molecule has 1 amide bonds. The van der Waals surface area contributed by atoms with Crippen LogP contribution < -0.4 is 10.9 Å². The molecule has 0 radical (unpaired) electrons. The van der Waals surface area contributed by atoms with Crippen molar-refractivity contribution in [2.24, 2.45) is 0 Å². The number of carbonyl (C=O) groups is 1. The number of carbonyl (C=O) groups excluding carboxylic acids is 1. The van der Waals surface area contributed by atoms with E-state index in [-0.39, 0.29) is 33.3 Å². The van der Waals surface area contributed by atoms with Gasteiger partial charge < -0.3 is 10.4 Å². The third-order valence-electron chi connectivity index (χ3n) is 2.94. The predicted octanol–water partition coefficient (Wildman–Crippen LogP) is 2.88. The third-order valence-corrected chi connectivity index (χ3v) is 4.21. The minimum absolute atomic E-state index is 0.0331. The lowest BCUT2D eigenvalue weighted by atomic mass is 10.3. The van der Waals surface area contributed by atoms with Gasteiger partial charge in [0.2, 0.25) is 11.8 Å². The summed E-state index contributed by atoms with van der Waals surface area (Å²) in [5.41, 5.74) is -0.0145. The van der Waals surface area contributed by atoms with E-state index < -0.39 is 5.82 Å².